The molecule has 0 radical (unpaired) electrons. The highest BCUT2D eigenvalue weighted by atomic mass is 16.3. The SMILES string of the molecule is [2H]C([2H])([2H])c1cnc(-c2cccc3c2oc2c4ccccc4ccc32)cc1C1([2H])CCC(C)(C)CC1. The Hall–Kier alpha value is -3.13. The molecule has 0 unspecified atom stereocenters. The van der Waals surface area contributed by atoms with Crippen LogP contribution in [0.2, 0.25) is 0 Å². The molecule has 0 amide bonds. The normalized spacial score (nSPS) is 20.1. The first-order chi connectivity index (χ1) is 17.1. The van der Waals surface area contributed by atoms with Crippen molar-refractivity contribution in [3.63, 3.8) is 0 Å². The number of nitrogens with zero attached hydrogens (tertiary/aromatic N) is 1. The Bertz CT molecular complexity index is 1620. The van der Waals surface area contributed by atoms with Crippen LogP contribution in [0.3, 0.4) is 0 Å². The zero-order valence-electron chi connectivity index (χ0n) is 22.5. The van der Waals surface area contributed by atoms with Gasteiger partial charge in [0.25, 0.3) is 0 Å². The number of furan rings is 1. The molecule has 1 aliphatic carbocycles. The van der Waals surface area contributed by atoms with Crippen LogP contribution in [-0.2, 0) is 0 Å². The second-order valence-electron chi connectivity index (χ2n) is 9.83. The van der Waals surface area contributed by atoms with Gasteiger partial charge in [0.05, 0.1) is 5.69 Å². The van der Waals surface area contributed by atoms with Crippen LogP contribution in [0, 0.1) is 12.3 Å². The fourth-order valence-corrected chi connectivity index (χ4v) is 5.12. The van der Waals surface area contributed by atoms with Crippen LogP contribution in [-0.4, -0.2) is 4.98 Å². The van der Waals surface area contributed by atoms with Crippen molar-refractivity contribution in [2.45, 2.75) is 52.3 Å². The number of aryl methyl sites for hydroxylation is 1. The largest absolute Gasteiger partial charge is 0.455 e. The Balaban J connectivity index is 1.56. The highest BCUT2D eigenvalue weighted by Gasteiger charge is 2.28. The summed E-state index contributed by atoms with van der Waals surface area (Å²) in [6, 6.07) is 20.2. The van der Waals surface area contributed by atoms with Crippen molar-refractivity contribution < 1.29 is 9.90 Å². The average molecular weight is 424 g/mol. The molecule has 5 aromatic rings. The van der Waals surface area contributed by atoms with Gasteiger partial charge in [-0.25, -0.2) is 0 Å². The number of aromatic nitrogens is 1. The molecule has 2 aromatic heterocycles. The van der Waals surface area contributed by atoms with Gasteiger partial charge in [0, 0.05) is 33.4 Å². The Morgan fingerprint density at radius 3 is 2.56 bits per heavy atom. The van der Waals surface area contributed by atoms with E-state index in [1.165, 1.54) is 6.20 Å². The second kappa shape index (κ2) is 7.20. The highest BCUT2D eigenvalue weighted by molar-refractivity contribution is 6.17. The molecule has 32 heavy (non-hydrogen) atoms. The molecule has 1 aliphatic rings. The Labute approximate surface area is 194 Å². The molecule has 0 saturated heterocycles. The minimum atomic E-state index is -2.33. The summed E-state index contributed by atoms with van der Waals surface area (Å²) in [5, 5.41) is 4.20. The predicted octanol–water partition coefficient (Wildman–Crippen LogP) is 8.79. The van der Waals surface area contributed by atoms with Gasteiger partial charge in [0.1, 0.15) is 11.2 Å². The summed E-state index contributed by atoms with van der Waals surface area (Å²) in [5.41, 5.74) is 3.94. The standard InChI is InChI=1S/C30H29NO/c1-19-18-31-27(17-26(19)21-13-15-30(2,3)16-14-21)25-10-6-9-23-24-12-11-20-7-4-5-8-22(20)28(24)32-29(23)25/h4-12,17-18,21H,13-16H2,1-3H3/i1D3,21D. The van der Waals surface area contributed by atoms with Gasteiger partial charge in [-0.2, -0.15) is 0 Å². The van der Waals surface area contributed by atoms with Gasteiger partial charge in [-0.05, 0) is 78.6 Å². The molecule has 0 atom stereocenters. The Morgan fingerprint density at radius 2 is 1.72 bits per heavy atom. The van der Waals surface area contributed by atoms with E-state index in [2.05, 4.69) is 43.1 Å². The van der Waals surface area contributed by atoms with E-state index in [1.54, 1.807) is 0 Å². The summed E-state index contributed by atoms with van der Waals surface area (Å²) in [4.78, 5) is 4.61. The molecular formula is C30H29NO. The van der Waals surface area contributed by atoms with Crippen LogP contribution in [0.4, 0.5) is 0 Å². The van der Waals surface area contributed by atoms with Crippen molar-refractivity contribution in [1.29, 1.82) is 0 Å². The summed E-state index contributed by atoms with van der Waals surface area (Å²) in [6.45, 7) is 2.12. The van der Waals surface area contributed by atoms with Gasteiger partial charge < -0.3 is 4.42 Å². The number of rotatable bonds is 2. The lowest BCUT2D eigenvalue weighted by Gasteiger charge is -2.35. The monoisotopic (exact) mass is 423 g/mol. The van der Waals surface area contributed by atoms with E-state index >= 15 is 0 Å². The van der Waals surface area contributed by atoms with E-state index in [1.807, 2.05) is 36.4 Å². The Kier molecular flexibility index (Phi) is 3.52. The third-order valence-electron chi connectivity index (χ3n) is 7.16. The maximum absolute atomic E-state index is 9.36. The molecule has 1 saturated carbocycles. The number of para-hydroxylation sites is 1. The molecule has 0 bridgehead atoms. The third kappa shape index (κ3) is 3.12. The molecule has 3 aromatic carbocycles. The van der Waals surface area contributed by atoms with E-state index in [0.29, 0.717) is 24.1 Å². The molecular weight excluding hydrogens is 390 g/mol. The van der Waals surface area contributed by atoms with Crippen molar-refractivity contribution >= 4 is 32.7 Å². The second-order valence-corrected chi connectivity index (χ2v) is 9.83. The minimum absolute atomic E-state index is 0.170. The summed E-state index contributed by atoms with van der Waals surface area (Å²) in [7, 11) is 0. The van der Waals surface area contributed by atoms with Gasteiger partial charge in [-0.1, -0.05) is 56.3 Å². The summed E-state index contributed by atoms with van der Waals surface area (Å²) in [6.07, 6.45) is 4.51. The van der Waals surface area contributed by atoms with Crippen LogP contribution in [0.1, 0.15) is 62.0 Å². The van der Waals surface area contributed by atoms with Gasteiger partial charge >= 0.3 is 0 Å². The minimum Gasteiger partial charge on any atom is -0.455 e. The first-order valence-electron chi connectivity index (χ1n) is 13.4. The number of benzene rings is 3. The predicted molar refractivity (Wildman–Crippen MR) is 134 cm³/mol. The van der Waals surface area contributed by atoms with Crippen molar-refractivity contribution in [3.05, 3.63) is 78.0 Å². The zero-order chi connectivity index (χ0) is 25.3. The van der Waals surface area contributed by atoms with Crippen LogP contribution < -0.4 is 0 Å². The molecule has 0 aliphatic heterocycles. The maximum atomic E-state index is 9.36. The van der Waals surface area contributed by atoms with Crippen molar-refractivity contribution in [1.82, 2.24) is 4.98 Å². The van der Waals surface area contributed by atoms with Crippen molar-refractivity contribution in [2.75, 3.05) is 0 Å². The zero-order valence-corrected chi connectivity index (χ0v) is 18.5. The fraction of sp³-hybridized carbons (Fsp3) is 0.300. The molecule has 2 heterocycles. The lowest BCUT2D eigenvalue weighted by atomic mass is 9.71. The van der Waals surface area contributed by atoms with Crippen LogP contribution >= 0.6 is 0 Å². The highest BCUT2D eigenvalue weighted by Crippen LogP contribution is 2.44. The lowest BCUT2D eigenvalue weighted by Crippen LogP contribution is -2.20. The number of hydrogen-bond donors (Lipinski definition) is 0. The van der Waals surface area contributed by atoms with Gasteiger partial charge in [-0.15, -0.1) is 0 Å². The maximum Gasteiger partial charge on any atom is 0.144 e. The van der Waals surface area contributed by atoms with E-state index in [4.69, 9.17) is 8.53 Å². The topological polar surface area (TPSA) is 26.0 Å². The molecule has 6 rings (SSSR count). The number of pyridine rings is 1. The first-order valence-corrected chi connectivity index (χ1v) is 11.4. The molecule has 2 nitrogen and oxygen atoms in total. The fourth-order valence-electron chi connectivity index (χ4n) is 5.12. The first kappa shape index (κ1) is 15.6. The molecule has 0 spiro atoms. The quantitative estimate of drug-likeness (QED) is 0.283. The Morgan fingerprint density at radius 1 is 0.938 bits per heavy atom. The molecule has 2 heteroatoms. The van der Waals surface area contributed by atoms with Gasteiger partial charge in [0.2, 0.25) is 0 Å². The average Bonchev–Trinajstić information content (AvgIpc) is 3.25. The number of hydrogen-bond acceptors (Lipinski definition) is 2. The summed E-state index contributed by atoms with van der Waals surface area (Å²) < 4.78 is 40.3. The van der Waals surface area contributed by atoms with Crippen molar-refractivity contribution in [2.24, 2.45) is 5.41 Å². The van der Waals surface area contributed by atoms with E-state index in [0.717, 1.165) is 51.1 Å². The van der Waals surface area contributed by atoms with Crippen LogP contribution in [0.15, 0.2) is 71.3 Å². The third-order valence-corrected chi connectivity index (χ3v) is 7.16. The van der Waals surface area contributed by atoms with Gasteiger partial charge in [-0.3, -0.25) is 4.98 Å². The lowest BCUT2D eigenvalue weighted by molar-refractivity contribution is 0.224. The summed E-state index contributed by atoms with van der Waals surface area (Å²) in [5.74, 6) is -0.949. The molecule has 160 valence electrons. The molecule has 0 N–H and O–H groups in total. The van der Waals surface area contributed by atoms with Crippen LogP contribution in [0.25, 0.3) is 44.0 Å². The van der Waals surface area contributed by atoms with Gasteiger partial charge in [0.15, 0.2) is 0 Å². The number of fused-ring (bicyclic) bond motifs is 5. The van der Waals surface area contributed by atoms with Crippen LogP contribution in [0.5, 0.6) is 0 Å². The van der Waals surface area contributed by atoms with E-state index < -0.39 is 12.7 Å². The molecule has 1 fully saturated rings. The van der Waals surface area contributed by atoms with E-state index in [9.17, 15) is 1.37 Å². The summed E-state index contributed by atoms with van der Waals surface area (Å²) >= 11 is 0. The van der Waals surface area contributed by atoms with E-state index in [-0.39, 0.29) is 11.0 Å². The smallest absolute Gasteiger partial charge is 0.144 e. The van der Waals surface area contributed by atoms with Crippen molar-refractivity contribution in [3.8, 4) is 11.3 Å².